The maximum Gasteiger partial charge on any atom is 0.234 e. The van der Waals surface area contributed by atoms with Crippen LogP contribution in [0.25, 0.3) is 0 Å². The van der Waals surface area contributed by atoms with Crippen molar-refractivity contribution in [3.8, 4) is 0 Å². The van der Waals surface area contributed by atoms with Crippen molar-refractivity contribution in [2.24, 2.45) is 0 Å². The highest BCUT2D eigenvalue weighted by atomic mass is 127. The largest absolute Gasteiger partial charge is 0.431 e. The van der Waals surface area contributed by atoms with Crippen molar-refractivity contribution in [1.29, 1.82) is 0 Å². The summed E-state index contributed by atoms with van der Waals surface area (Å²) in [7, 11) is 0.127. The molecule has 1 nitrogen and oxygen atoms in total. The van der Waals surface area contributed by atoms with Gasteiger partial charge in [-0.2, -0.15) is 0 Å². The maximum atomic E-state index is 7.90. The Kier molecular flexibility index (Phi) is 4.79. The molecular weight excluding hydrogens is 183 g/mol. The quantitative estimate of drug-likeness (QED) is 0.347. The molecule has 24 valence electrons. The topological polar surface area (TPSA) is 20.2 Å². The van der Waals surface area contributed by atoms with E-state index < -0.39 is 0 Å². The van der Waals surface area contributed by atoms with Gasteiger partial charge in [-0.25, -0.2) is 0 Å². The molecule has 0 atom stereocenters. The fraction of sp³-hybridized carbons (Fsp3) is 1.00. The molecule has 4 heavy (non-hydrogen) atoms. The van der Waals surface area contributed by atoms with Crippen LogP contribution >= 0.6 is 22.6 Å². The van der Waals surface area contributed by atoms with Crippen LogP contribution in [-0.2, 0) is 0 Å². The molecule has 0 aromatic heterocycles. The van der Waals surface area contributed by atoms with Crippen LogP contribution in [0, 0.1) is 0 Å². The van der Waals surface area contributed by atoms with Crippen LogP contribution in [-0.4, -0.2) is 18.6 Å². The van der Waals surface area contributed by atoms with Crippen LogP contribution in [0.4, 0.5) is 0 Å². The van der Waals surface area contributed by atoms with Gasteiger partial charge in [-0.05, 0) is 0 Å². The minimum absolute atomic E-state index is 0.127. The van der Waals surface area contributed by atoms with Gasteiger partial charge in [0.15, 0.2) is 0 Å². The van der Waals surface area contributed by atoms with Gasteiger partial charge in [0, 0.05) is 4.05 Å². The van der Waals surface area contributed by atoms with Crippen molar-refractivity contribution >= 4 is 32.4 Å². The number of halogens is 1. The molecular formula is CH3IOSi. The lowest BCUT2D eigenvalue weighted by Gasteiger charge is -1.62. The molecule has 2 radical (unpaired) electrons. The number of hydrogen-bond donors (Lipinski definition) is 1. The number of rotatable bonds is 1. The third kappa shape index (κ3) is 2.91. The molecule has 0 aromatic carbocycles. The Balaban J connectivity index is 1.97. The number of hydrogen-bond acceptors (Lipinski definition) is 1. The Morgan fingerprint density at radius 2 is 2.25 bits per heavy atom. The van der Waals surface area contributed by atoms with E-state index in [1.807, 2.05) is 0 Å². The second kappa shape index (κ2) is 3.91. The Hall–Kier alpha value is 0.907. The molecule has 0 saturated heterocycles. The van der Waals surface area contributed by atoms with Crippen molar-refractivity contribution < 1.29 is 4.80 Å². The van der Waals surface area contributed by atoms with Crippen LogP contribution in [0.5, 0.6) is 0 Å². The summed E-state index contributed by atoms with van der Waals surface area (Å²) in [5, 5.41) is 0. The average molecular weight is 186 g/mol. The Morgan fingerprint density at radius 3 is 2.25 bits per heavy atom. The summed E-state index contributed by atoms with van der Waals surface area (Å²) in [6.45, 7) is 0. The summed E-state index contributed by atoms with van der Waals surface area (Å²) in [6.07, 6.45) is 0. The van der Waals surface area contributed by atoms with E-state index in [0.29, 0.717) is 0 Å². The molecule has 0 rings (SSSR count). The molecule has 0 bridgehead atoms. The highest BCUT2D eigenvalue weighted by molar-refractivity contribution is 14.1. The summed E-state index contributed by atoms with van der Waals surface area (Å²) in [5.41, 5.74) is 0. The molecule has 0 amide bonds. The Labute approximate surface area is 41.5 Å². The first-order chi connectivity index (χ1) is 1.91. The molecule has 0 fully saturated rings. The Morgan fingerprint density at radius 1 is 2.00 bits per heavy atom. The molecule has 0 spiro atoms. The van der Waals surface area contributed by atoms with Gasteiger partial charge < -0.3 is 4.80 Å². The molecule has 0 aliphatic heterocycles. The fourth-order valence-electron chi connectivity index (χ4n) is 0. The molecule has 0 heterocycles. The minimum atomic E-state index is 0.127. The second-order valence-corrected chi connectivity index (χ2v) is 3.16. The van der Waals surface area contributed by atoms with E-state index >= 15 is 0 Å². The zero-order valence-corrected chi connectivity index (χ0v) is 5.19. The predicted molar refractivity (Wildman–Crippen MR) is 26.9 cm³/mol. The summed E-state index contributed by atoms with van der Waals surface area (Å²) < 4.78 is 0.873. The van der Waals surface area contributed by atoms with Gasteiger partial charge in [0.05, 0.1) is 0 Å². The first-order valence-corrected chi connectivity index (χ1v) is 3.52. The van der Waals surface area contributed by atoms with Gasteiger partial charge in [-0.1, -0.05) is 22.6 Å². The lowest BCUT2D eigenvalue weighted by molar-refractivity contribution is 0.609. The van der Waals surface area contributed by atoms with Crippen LogP contribution in [0.2, 0.25) is 0 Å². The zero-order valence-electron chi connectivity index (χ0n) is 2.03. The summed E-state index contributed by atoms with van der Waals surface area (Å²) in [6, 6.07) is 0. The van der Waals surface area contributed by atoms with E-state index in [4.69, 9.17) is 4.80 Å². The van der Waals surface area contributed by atoms with Crippen LogP contribution in [0.1, 0.15) is 0 Å². The van der Waals surface area contributed by atoms with Crippen molar-refractivity contribution in [2.75, 3.05) is 4.05 Å². The molecule has 0 aliphatic carbocycles. The first kappa shape index (κ1) is 4.91. The molecule has 0 aromatic rings. The molecule has 1 N–H and O–H groups in total. The van der Waals surface area contributed by atoms with Gasteiger partial charge in [0.25, 0.3) is 0 Å². The van der Waals surface area contributed by atoms with Gasteiger partial charge in [0.2, 0.25) is 9.76 Å². The fourth-order valence-corrected chi connectivity index (χ4v) is 0. The van der Waals surface area contributed by atoms with Crippen molar-refractivity contribution in [1.82, 2.24) is 0 Å². The van der Waals surface area contributed by atoms with E-state index in [1.54, 1.807) is 0 Å². The first-order valence-electron chi connectivity index (χ1n) is 0.844. The molecule has 3 heteroatoms. The van der Waals surface area contributed by atoms with Crippen molar-refractivity contribution in [3.05, 3.63) is 0 Å². The highest BCUT2D eigenvalue weighted by Gasteiger charge is 1.66. The maximum absolute atomic E-state index is 7.90. The zero-order chi connectivity index (χ0) is 3.41. The second-order valence-electron chi connectivity index (χ2n) is 0.292. The monoisotopic (exact) mass is 186 g/mol. The van der Waals surface area contributed by atoms with Gasteiger partial charge >= 0.3 is 0 Å². The smallest absolute Gasteiger partial charge is 0.234 e. The Bertz CT molecular complexity index is 10.0. The van der Waals surface area contributed by atoms with Crippen molar-refractivity contribution in [3.63, 3.8) is 0 Å². The predicted octanol–water partition coefficient (Wildman–Crippen LogP) is -0.00960. The third-order valence-electron chi connectivity index (χ3n) is 0.0598. The number of alkyl halides is 1. The van der Waals surface area contributed by atoms with Crippen LogP contribution < -0.4 is 0 Å². The summed E-state index contributed by atoms with van der Waals surface area (Å²) in [5.74, 6) is 0. The van der Waals surface area contributed by atoms with Gasteiger partial charge in [-0.3, -0.25) is 0 Å². The lowest BCUT2D eigenvalue weighted by Crippen LogP contribution is -1.83. The SMILES string of the molecule is O[Si]CI. The standard InChI is InChI=1S/CH3IOSi/c2-1-4-3/h3H,1H2. The van der Waals surface area contributed by atoms with E-state index in [9.17, 15) is 0 Å². The highest BCUT2D eigenvalue weighted by Crippen LogP contribution is 1.69. The molecule has 0 aliphatic rings. The minimum Gasteiger partial charge on any atom is -0.431 e. The van der Waals surface area contributed by atoms with E-state index in [0.717, 1.165) is 4.05 Å². The summed E-state index contributed by atoms with van der Waals surface area (Å²) in [4.78, 5) is 7.90. The van der Waals surface area contributed by atoms with Gasteiger partial charge in [-0.15, -0.1) is 0 Å². The molecule has 0 saturated carbocycles. The summed E-state index contributed by atoms with van der Waals surface area (Å²) >= 11 is 2.11. The van der Waals surface area contributed by atoms with Crippen molar-refractivity contribution in [2.45, 2.75) is 0 Å². The van der Waals surface area contributed by atoms with Crippen LogP contribution in [0.3, 0.4) is 0 Å². The average Bonchev–Trinajstić information content (AvgIpc) is 1.37. The van der Waals surface area contributed by atoms with E-state index in [1.165, 1.54) is 0 Å². The lowest BCUT2D eigenvalue weighted by atomic mass is 11.9. The van der Waals surface area contributed by atoms with E-state index in [-0.39, 0.29) is 9.76 Å². The molecule has 0 unspecified atom stereocenters. The van der Waals surface area contributed by atoms with E-state index in [2.05, 4.69) is 22.6 Å². The normalized spacial score (nSPS) is 7.50. The van der Waals surface area contributed by atoms with Gasteiger partial charge in [0.1, 0.15) is 0 Å². The van der Waals surface area contributed by atoms with Crippen LogP contribution in [0.15, 0.2) is 0 Å². The third-order valence-corrected chi connectivity index (χ3v) is 1.20.